The summed E-state index contributed by atoms with van der Waals surface area (Å²) >= 11 is 0. The summed E-state index contributed by atoms with van der Waals surface area (Å²) in [7, 11) is -3.44. The van der Waals surface area contributed by atoms with Crippen LogP contribution in [0.25, 0.3) is 22.5 Å². The molecular weight excluding hydrogens is 465 g/mol. The summed E-state index contributed by atoms with van der Waals surface area (Å²) < 4.78 is 63.6. The summed E-state index contributed by atoms with van der Waals surface area (Å²) in [5.41, 5.74) is 1.40. The second-order valence-corrected chi connectivity index (χ2v) is 9.49. The normalized spacial score (nSPS) is 11.9. The van der Waals surface area contributed by atoms with Crippen molar-refractivity contribution in [1.29, 1.82) is 0 Å². The Labute approximate surface area is 194 Å². The molecule has 34 heavy (non-hydrogen) atoms. The monoisotopic (exact) mass is 484 g/mol. The molecule has 0 fully saturated rings. The Bertz CT molecular complexity index is 1440. The predicted molar refractivity (Wildman–Crippen MR) is 123 cm³/mol. The van der Waals surface area contributed by atoms with Crippen LogP contribution in [0.15, 0.2) is 84.1 Å². The first kappa shape index (κ1) is 23.4. The van der Waals surface area contributed by atoms with Crippen molar-refractivity contribution >= 4 is 15.7 Å². The van der Waals surface area contributed by atoms with E-state index in [1.54, 1.807) is 30.3 Å². The zero-order valence-electron chi connectivity index (χ0n) is 17.9. The van der Waals surface area contributed by atoms with Crippen LogP contribution in [0.3, 0.4) is 0 Å². The van der Waals surface area contributed by atoms with Crippen LogP contribution in [0.4, 0.5) is 19.0 Å². The minimum atomic E-state index is -4.52. The Kier molecular flexibility index (Phi) is 6.34. The lowest BCUT2D eigenvalue weighted by molar-refractivity contribution is -0.137. The summed E-state index contributed by atoms with van der Waals surface area (Å²) in [5, 5.41) is 3.14. The van der Waals surface area contributed by atoms with Crippen LogP contribution < -0.4 is 5.32 Å². The number of aromatic nitrogens is 3. The predicted octanol–water partition coefficient (Wildman–Crippen LogP) is 5.24. The van der Waals surface area contributed by atoms with E-state index in [0.29, 0.717) is 17.9 Å². The molecule has 0 aliphatic carbocycles. The molecule has 10 heteroatoms. The standard InChI is InChI=1S/C24H19F3N4O2S/c1-34(32,33)21-9-5-4-8-20(21)19-7-3-2-6-16(19)14-30-22-10-11-29-23(31-22)17-12-18(15-28-13-17)24(25,26)27/h2-13,15H,14H2,1H3,(H,29,30,31). The third kappa shape index (κ3) is 5.23. The minimum absolute atomic E-state index is 0.0966. The molecule has 2 heterocycles. The third-order valence-corrected chi connectivity index (χ3v) is 6.19. The van der Waals surface area contributed by atoms with Crippen molar-refractivity contribution in [2.75, 3.05) is 11.6 Å². The van der Waals surface area contributed by atoms with Crippen molar-refractivity contribution in [2.24, 2.45) is 0 Å². The van der Waals surface area contributed by atoms with E-state index in [1.165, 1.54) is 12.4 Å². The zero-order chi connectivity index (χ0) is 24.3. The molecule has 0 amide bonds. The fraction of sp³-hybridized carbons (Fsp3) is 0.125. The summed E-state index contributed by atoms with van der Waals surface area (Å²) in [6.45, 7) is 0.297. The number of hydrogen-bond acceptors (Lipinski definition) is 6. The summed E-state index contributed by atoms with van der Waals surface area (Å²) in [6, 6.07) is 16.7. The molecule has 174 valence electrons. The van der Waals surface area contributed by atoms with Crippen LogP contribution in [0, 0.1) is 0 Å². The van der Waals surface area contributed by atoms with Gasteiger partial charge in [-0.05, 0) is 29.3 Å². The first-order valence-corrected chi connectivity index (χ1v) is 12.0. The molecule has 1 N–H and O–H groups in total. The van der Waals surface area contributed by atoms with Gasteiger partial charge in [0.05, 0.1) is 10.5 Å². The number of benzene rings is 2. The average Bonchev–Trinajstić information content (AvgIpc) is 2.82. The van der Waals surface area contributed by atoms with E-state index in [9.17, 15) is 21.6 Å². The maximum atomic E-state index is 13.0. The van der Waals surface area contributed by atoms with Gasteiger partial charge in [-0.2, -0.15) is 13.2 Å². The van der Waals surface area contributed by atoms with E-state index < -0.39 is 21.6 Å². The van der Waals surface area contributed by atoms with Crippen LogP contribution in [-0.2, 0) is 22.6 Å². The van der Waals surface area contributed by atoms with E-state index in [4.69, 9.17) is 0 Å². The number of rotatable bonds is 6. The van der Waals surface area contributed by atoms with E-state index in [2.05, 4.69) is 20.3 Å². The second-order valence-electron chi connectivity index (χ2n) is 7.50. The van der Waals surface area contributed by atoms with Crippen molar-refractivity contribution in [3.8, 4) is 22.5 Å². The van der Waals surface area contributed by atoms with E-state index in [0.717, 1.165) is 29.6 Å². The molecule has 2 aromatic carbocycles. The van der Waals surface area contributed by atoms with Crippen LogP contribution in [0.5, 0.6) is 0 Å². The maximum Gasteiger partial charge on any atom is 0.417 e. The van der Waals surface area contributed by atoms with Crippen molar-refractivity contribution in [1.82, 2.24) is 15.0 Å². The van der Waals surface area contributed by atoms with Gasteiger partial charge in [-0.1, -0.05) is 42.5 Å². The first-order chi connectivity index (χ1) is 16.1. The Balaban J connectivity index is 1.62. The highest BCUT2D eigenvalue weighted by Gasteiger charge is 2.31. The molecule has 0 bridgehead atoms. The van der Waals surface area contributed by atoms with Gasteiger partial charge >= 0.3 is 6.18 Å². The number of nitrogens with zero attached hydrogens (tertiary/aromatic N) is 3. The topological polar surface area (TPSA) is 84.8 Å². The molecule has 0 radical (unpaired) electrons. The lowest BCUT2D eigenvalue weighted by Crippen LogP contribution is -2.07. The number of hydrogen-bond donors (Lipinski definition) is 1. The van der Waals surface area contributed by atoms with Crippen LogP contribution in [-0.4, -0.2) is 29.6 Å². The number of nitrogens with one attached hydrogen (secondary N) is 1. The summed E-state index contributed by atoms with van der Waals surface area (Å²) in [4.78, 5) is 12.3. The lowest BCUT2D eigenvalue weighted by atomic mass is 9.99. The lowest BCUT2D eigenvalue weighted by Gasteiger charge is -2.14. The van der Waals surface area contributed by atoms with E-state index >= 15 is 0 Å². The van der Waals surface area contributed by atoms with E-state index in [-0.39, 0.29) is 16.3 Å². The van der Waals surface area contributed by atoms with Gasteiger partial charge in [-0.15, -0.1) is 0 Å². The van der Waals surface area contributed by atoms with Gasteiger partial charge in [0.15, 0.2) is 15.7 Å². The Morgan fingerprint density at radius 3 is 2.38 bits per heavy atom. The largest absolute Gasteiger partial charge is 0.417 e. The van der Waals surface area contributed by atoms with Gasteiger partial charge in [-0.25, -0.2) is 18.4 Å². The minimum Gasteiger partial charge on any atom is -0.366 e. The van der Waals surface area contributed by atoms with Crippen LogP contribution >= 0.6 is 0 Å². The Hall–Kier alpha value is -3.79. The number of alkyl halides is 3. The van der Waals surface area contributed by atoms with Gasteiger partial charge in [0.25, 0.3) is 0 Å². The van der Waals surface area contributed by atoms with E-state index in [1.807, 2.05) is 24.3 Å². The first-order valence-electron chi connectivity index (χ1n) is 10.1. The zero-order valence-corrected chi connectivity index (χ0v) is 18.7. The highest BCUT2D eigenvalue weighted by atomic mass is 32.2. The Morgan fingerprint density at radius 2 is 1.65 bits per heavy atom. The molecule has 2 aromatic heterocycles. The average molecular weight is 485 g/mol. The number of anilines is 1. The molecule has 4 aromatic rings. The molecule has 0 aliphatic rings. The molecular formula is C24H19F3N4O2S. The molecule has 0 aliphatic heterocycles. The fourth-order valence-electron chi connectivity index (χ4n) is 3.45. The molecule has 0 spiro atoms. The molecule has 4 rings (SSSR count). The molecule has 0 saturated carbocycles. The van der Waals surface area contributed by atoms with Crippen molar-refractivity contribution < 1.29 is 21.6 Å². The summed E-state index contributed by atoms with van der Waals surface area (Å²) in [6.07, 6.45) is 0.0982. The summed E-state index contributed by atoms with van der Waals surface area (Å²) in [5.74, 6) is 0.493. The van der Waals surface area contributed by atoms with Crippen LogP contribution in [0.1, 0.15) is 11.1 Å². The van der Waals surface area contributed by atoms with Crippen molar-refractivity contribution in [3.63, 3.8) is 0 Å². The van der Waals surface area contributed by atoms with Crippen LogP contribution in [0.2, 0.25) is 0 Å². The van der Waals surface area contributed by atoms with Gasteiger partial charge in [0.1, 0.15) is 5.82 Å². The fourth-order valence-corrected chi connectivity index (χ4v) is 4.35. The highest BCUT2D eigenvalue weighted by Crippen LogP contribution is 2.32. The molecule has 0 atom stereocenters. The SMILES string of the molecule is CS(=O)(=O)c1ccccc1-c1ccccc1CNc1ccnc(-c2cncc(C(F)(F)F)c2)n1. The third-order valence-electron chi connectivity index (χ3n) is 5.03. The molecule has 0 saturated heterocycles. The quantitative estimate of drug-likeness (QED) is 0.403. The molecule has 6 nitrogen and oxygen atoms in total. The Morgan fingerprint density at radius 1 is 0.941 bits per heavy atom. The van der Waals surface area contributed by atoms with Gasteiger partial charge in [0.2, 0.25) is 0 Å². The smallest absolute Gasteiger partial charge is 0.366 e. The second kappa shape index (κ2) is 9.22. The highest BCUT2D eigenvalue weighted by molar-refractivity contribution is 7.90. The van der Waals surface area contributed by atoms with Gasteiger partial charge < -0.3 is 5.32 Å². The molecule has 0 unspecified atom stereocenters. The number of pyridine rings is 1. The van der Waals surface area contributed by atoms with Crippen molar-refractivity contribution in [3.05, 3.63) is 90.4 Å². The van der Waals surface area contributed by atoms with Gasteiger partial charge in [0, 0.05) is 42.5 Å². The number of halogens is 3. The van der Waals surface area contributed by atoms with Gasteiger partial charge in [-0.3, -0.25) is 4.98 Å². The maximum absolute atomic E-state index is 13.0. The van der Waals surface area contributed by atoms with Crippen molar-refractivity contribution in [2.45, 2.75) is 17.6 Å². The number of sulfone groups is 1.